The lowest BCUT2D eigenvalue weighted by molar-refractivity contribution is -0.113. The Hall–Kier alpha value is -2.51. The van der Waals surface area contributed by atoms with Gasteiger partial charge < -0.3 is 5.32 Å². The molecule has 0 spiro atoms. The summed E-state index contributed by atoms with van der Waals surface area (Å²) in [7, 11) is -3.54. The fourth-order valence-corrected chi connectivity index (χ4v) is 6.07. The van der Waals surface area contributed by atoms with Crippen LogP contribution in [0.1, 0.15) is 11.1 Å². The fourth-order valence-electron chi connectivity index (χ4n) is 3.53. The SMILES string of the molecule is Cc1ccc(NC(=O)CSCCN2c3cccc4cccc(c34)S2(=O)=O)cc1C. The maximum atomic E-state index is 12.9. The normalized spacial score (nSPS) is 14.3. The van der Waals surface area contributed by atoms with Gasteiger partial charge in [-0.3, -0.25) is 9.10 Å². The van der Waals surface area contributed by atoms with Crippen LogP contribution in [0.5, 0.6) is 0 Å². The number of sulfonamides is 1. The van der Waals surface area contributed by atoms with E-state index in [0.29, 0.717) is 17.2 Å². The highest BCUT2D eigenvalue weighted by molar-refractivity contribution is 8.00. The van der Waals surface area contributed by atoms with Gasteiger partial charge >= 0.3 is 0 Å². The Morgan fingerprint density at radius 3 is 2.55 bits per heavy atom. The van der Waals surface area contributed by atoms with Gasteiger partial charge in [0.15, 0.2) is 0 Å². The number of carbonyl (C=O) groups excluding carboxylic acids is 1. The van der Waals surface area contributed by atoms with Crippen molar-refractivity contribution in [1.29, 1.82) is 0 Å². The van der Waals surface area contributed by atoms with Crippen LogP contribution in [0, 0.1) is 13.8 Å². The summed E-state index contributed by atoms with van der Waals surface area (Å²) in [4.78, 5) is 12.6. The second-order valence-electron chi connectivity index (χ2n) is 7.11. The highest BCUT2D eigenvalue weighted by Crippen LogP contribution is 2.41. The van der Waals surface area contributed by atoms with Crippen LogP contribution < -0.4 is 9.62 Å². The van der Waals surface area contributed by atoms with Crippen LogP contribution in [0.2, 0.25) is 0 Å². The van der Waals surface area contributed by atoms with Crippen molar-refractivity contribution in [3.63, 3.8) is 0 Å². The summed E-state index contributed by atoms with van der Waals surface area (Å²) in [5, 5.41) is 4.60. The summed E-state index contributed by atoms with van der Waals surface area (Å²) in [6.45, 7) is 4.37. The zero-order valence-electron chi connectivity index (χ0n) is 16.3. The number of rotatable bonds is 6. The number of carbonyl (C=O) groups is 1. The second kappa shape index (κ2) is 7.72. The van der Waals surface area contributed by atoms with Crippen molar-refractivity contribution in [3.8, 4) is 0 Å². The van der Waals surface area contributed by atoms with Crippen LogP contribution >= 0.6 is 11.8 Å². The van der Waals surface area contributed by atoms with Crippen LogP contribution in [-0.4, -0.2) is 32.4 Å². The number of thioether (sulfide) groups is 1. The molecule has 0 aromatic heterocycles. The molecule has 4 rings (SSSR count). The fraction of sp³-hybridized carbons (Fsp3) is 0.227. The minimum absolute atomic E-state index is 0.0899. The van der Waals surface area contributed by atoms with Crippen molar-refractivity contribution >= 4 is 49.8 Å². The largest absolute Gasteiger partial charge is 0.325 e. The lowest BCUT2D eigenvalue weighted by atomic mass is 10.1. The van der Waals surface area contributed by atoms with E-state index in [1.54, 1.807) is 12.1 Å². The topological polar surface area (TPSA) is 66.5 Å². The highest BCUT2D eigenvalue weighted by atomic mass is 32.2. The molecule has 1 aliphatic rings. The lowest BCUT2D eigenvalue weighted by Crippen LogP contribution is -2.29. The highest BCUT2D eigenvalue weighted by Gasteiger charge is 2.34. The van der Waals surface area contributed by atoms with Gasteiger partial charge in [0.2, 0.25) is 5.91 Å². The first-order valence-electron chi connectivity index (χ1n) is 9.37. The van der Waals surface area contributed by atoms with Crippen molar-refractivity contribution in [2.45, 2.75) is 18.7 Å². The molecule has 1 amide bonds. The Bertz CT molecular complexity index is 1200. The van der Waals surface area contributed by atoms with Crippen LogP contribution in [-0.2, 0) is 14.8 Å². The first kappa shape index (κ1) is 19.8. The maximum absolute atomic E-state index is 12.9. The maximum Gasteiger partial charge on any atom is 0.265 e. The molecule has 7 heteroatoms. The van der Waals surface area contributed by atoms with Gasteiger partial charge in [0, 0.05) is 23.4 Å². The van der Waals surface area contributed by atoms with Gasteiger partial charge in [-0.25, -0.2) is 8.42 Å². The number of benzene rings is 3. The molecule has 1 N–H and O–H groups in total. The van der Waals surface area contributed by atoms with E-state index in [9.17, 15) is 13.2 Å². The molecule has 3 aromatic rings. The number of nitrogens with one attached hydrogen (secondary N) is 1. The third-order valence-corrected chi connectivity index (χ3v) is 7.94. The Kier molecular flexibility index (Phi) is 5.27. The number of nitrogens with zero attached hydrogens (tertiary/aromatic N) is 1. The van der Waals surface area contributed by atoms with E-state index in [-0.39, 0.29) is 11.7 Å². The monoisotopic (exact) mass is 426 g/mol. The summed E-state index contributed by atoms with van der Waals surface area (Å²) in [6, 6.07) is 16.8. The molecule has 150 valence electrons. The summed E-state index contributed by atoms with van der Waals surface area (Å²) >= 11 is 1.43. The van der Waals surface area contributed by atoms with Gasteiger partial charge in [-0.2, -0.15) is 11.8 Å². The molecule has 0 fully saturated rings. The Morgan fingerprint density at radius 2 is 1.79 bits per heavy atom. The van der Waals surface area contributed by atoms with Crippen LogP contribution in [0.3, 0.4) is 0 Å². The standard InChI is InChI=1S/C22H22N2O3S2/c1-15-9-10-18(13-16(15)2)23-21(25)14-28-12-11-24-19-7-3-5-17-6-4-8-20(22(17)19)29(24,26)27/h3-10,13H,11-12,14H2,1-2H3,(H,23,25). The quantitative estimate of drug-likeness (QED) is 0.596. The minimum atomic E-state index is -3.54. The number of aryl methyl sites for hydroxylation is 2. The predicted octanol–water partition coefficient (Wildman–Crippen LogP) is 4.34. The average molecular weight is 427 g/mol. The third-order valence-electron chi connectivity index (χ3n) is 5.14. The molecule has 29 heavy (non-hydrogen) atoms. The summed E-state index contributed by atoms with van der Waals surface area (Å²) in [5.74, 6) is 0.718. The van der Waals surface area contributed by atoms with Crippen molar-refractivity contribution in [1.82, 2.24) is 0 Å². The molecule has 0 aliphatic carbocycles. The van der Waals surface area contributed by atoms with E-state index < -0.39 is 10.0 Å². The number of amides is 1. The van der Waals surface area contributed by atoms with Crippen molar-refractivity contribution in [3.05, 3.63) is 65.7 Å². The average Bonchev–Trinajstić information content (AvgIpc) is 2.91. The lowest BCUT2D eigenvalue weighted by Gasteiger charge is -2.18. The predicted molar refractivity (Wildman–Crippen MR) is 120 cm³/mol. The van der Waals surface area contributed by atoms with E-state index in [4.69, 9.17) is 0 Å². The smallest absolute Gasteiger partial charge is 0.265 e. The molecular formula is C22H22N2O3S2. The molecule has 0 saturated carbocycles. The Morgan fingerprint density at radius 1 is 1.03 bits per heavy atom. The van der Waals surface area contributed by atoms with Crippen molar-refractivity contribution in [2.75, 3.05) is 27.7 Å². The molecule has 0 bridgehead atoms. The molecule has 5 nitrogen and oxygen atoms in total. The van der Waals surface area contributed by atoms with Crippen molar-refractivity contribution < 1.29 is 13.2 Å². The molecule has 3 aromatic carbocycles. The van der Waals surface area contributed by atoms with Gasteiger partial charge in [-0.1, -0.05) is 30.3 Å². The Labute approximate surface area is 175 Å². The number of anilines is 2. The zero-order valence-corrected chi connectivity index (χ0v) is 17.9. The minimum Gasteiger partial charge on any atom is -0.325 e. The van der Waals surface area contributed by atoms with Gasteiger partial charge in [0.05, 0.1) is 16.3 Å². The first-order valence-corrected chi connectivity index (χ1v) is 12.0. The van der Waals surface area contributed by atoms with E-state index in [2.05, 4.69) is 5.32 Å². The molecular weight excluding hydrogens is 404 g/mol. The van der Waals surface area contributed by atoms with E-state index in [1.165, 1.54) is 21.6 Å². The second-order valence-corrected chi connectivity index (χ2v) is 10.0. The Balaban J connectivity index is 1.37. The molecule has 0 atom stereocenters. The summed E-state index contributed by atoms with van der Waals surface area (Å²) < 4.78 is 27.3. The third kappa shape index (κ3) is 3.72. The van der Waals surface area contributed by atoms with Gasteiger partial charge in [-0.05, 0) is 54.6 Å². The molecule has 0 saturated heterocycles. The first-order chi connectivity index (χ1) is 13.9. The van der Waals surface area contributed by atoms with Crippen LogP contribution in [0.25, 0.3) is 10.8 Å². The van der Waals surface area contributed by atoms with Crippen LogP contribution in [0.15, 0.2) is 59.5 Å². The van der Waals surface area contributed by atoms with Gasteiger partial charge in [0.1, 0.15) is 0 Å². The summed E-state index contributed by atoms with van der Waals surface area (Å²) in [6.07, 6.45) is 0. The van der Waals surface area contributed by atoms with E-state index in [1.807, 2.05) is 56.3 Å². The molecule has 0 radical (unpaired) electrons. The zero-order chi connectivity index (χ0) is 20.6. The number of hydrogen-bond donors (Lipinski definition) is 1. The van der Waals surface area contributed by atoms with Gasteiger partial charge in [-0.15, -0.1) is 0 Å². The number of hydrogen-bond acceptors (Lipinski definition) is 4. The van der Waals surface area contributed by atoms with E-state index in [0.717, 1.165) is 27.7 Å². The van der Waals surface area contributed by atoms with Crippen LogP contribution in [0.4, 0.5) is 11.4 Å². The molecule has 1 aliphatic heterocycles. The summed E-state index contributed by atoms with van der Waals surface area (Å²) in [5.41, 5.74) is 3.81. The van der Waals surface area contributed by atoms with Crippen molar-refractivity contribution in [2.24, 2.45) is 0 Å². The molecule has 1 heterocycles. The van der Waals surface area contributed by atoms with Gasteiger partial charge in [0.25, 0.3) is 10.0 Å². The molecule has 0 unspecified atom stereocenters. The van der Waals surface area contributed by atoms with E-state index >= 15 is 0 Å².